The van der Waals surface area contributed by atoms with Crippen LogP contribution >= 0.6 is 0 Å². The number of aromatic nitrogens is 1. The molecule has 0 saturated heterocycles. The molecule has 1 aliphatic heterocycles. The van der Waals surface area contributed by atoms with E-state index in [1.165, 1.54) is 0 Å². The van der Waals surface area contributed by atoms with Crippen LogP contribution in [-0.4, -0.2) is 23.9 Å². The second-order valence-electron chi connectivity index (χ2n) is 4.54. The van der Waals surface area contributed by atoms with Gasteiger partial charge >= 0.3 is 0 Å². The van der Waals surface area contributed by atoms with E-state index in [4.69, 9.17) is 0 Å². The fraction of sp³-hybridized carbons (Fsp3) is 0.538. The molecule has 0 radical (unpaired) electrons. The second-order valence-corrected chi connectivity index (χ2v) is 4.54. The number of nitrogens with zero attached hydrogens (tertiary/aromatic N) is 2. The molecule has 17 heavy (non-hydrogen) atoms. The number of aryl methyl sites for hydroxylation is 1. The molecule has 1 aromatic rings. The van der Waals surface area contributed by atoms with Crippen LogP contribution in [-0.2, 0) is 13.0 Å². The SMILES string of the molecule is CCc1cc(=O)n2c(c1C(C)=O)N(C)CCC2. The summed E-state index contributed by atoms with van der Waals surface area (Å²) in [5.41, 5.74) is 1.59. The number of ketones is 1. The molecule has 1 aromatic heterocycles. The van der Waals surface area contributed by atoms with Gasteiger partial charge in [0.05, 0.1) is 5.56 Å². The molecule has 2 rings (SSSR count). The Morgan fingerprint density at radius 3 is 2.71 bits per heavy atom. The van der Waals surface area contributed by atoms with E-state index in [0.29, 0.717) is 18.5 Å². The van der Waals surface area contributed by atoms with Gasteiger partial charge in [0.25, 0.3) is 5.56 Å². The Morgan fingerprint density at radius 1 is 1.41 bits per heavy atom. The molecule has 0 aliphatic carbocycles. The lowest BCUT2D eigenvalue weighted by molar-refractivity contribution is 0.101. The number of Topliss-reactive ketones (excluding diaryl/α,β-unsaturated/α-hetero) is 1. The first-order chi connectivity index (χ1) is 8.06. The summed E-state index contributed by atoms with van der Waals surface area (Å²) in [4.78, 5) is 25.8. The number of fused-ring (bicyclic) bond motifs is 1. The molecule has 0 atom stereocenters. The molecular weight excluding hydrogens is 216 g/mol. The summed E-state index contributed by atoms with van der Waals surface area (Å²) in [6.45, 7) is 5.15. The molecule has 0 amide bonds. The molecular formula is C13H18N2O2. The van der Waals surface area contributed by atoms with E-state index in [0.717, 1.165) is 24.3 Å². The summed E-state index contributed by atoms with van der Waals surface area (Å²) in [5.74, 6) is 0.840. The van der Waals surface area contributed by atoms with Crippen molar-refractivity contribution in [3.05, 3.63) is 27.5 Å². The smallest absolute Gasteiger partial charge is 0.252 e. The molecule has 92 valence electrons. The van der Waals surface area contributed by atoms with E-state index in [1.54, 1.807) is 17.6 Å². The van der Waals surface area contributed by atoms with Gasteiger partial charge in [-0.3, -0.25) is 14.2 Å². The van der Waals surface area contributed by atoms with Gasteiger partial charge in [0, 0.05) is 26.2 Å². The minimum Gasteiger partial charge on any atom is -0.360 e. The predicted molar refractivity (Wildman–Crippen MR) is 68.0 cm³/mol. The number of anilines is 1. The molecule has 4 nitrogen and oxygen atoms in total. The lowest BCUT2D eigenvalue weighted by atomic mass is 10.0. The van der Waals surface area contributed by atoms with E-state index in [-0.39, 0.29) is 11.3 Å². The van der Waals surface area contributed by atoms with Crippen LogP contribution in [0.25, 0.3) is 0 Å². The first kappa shape index (κ1) is 11.9. The third-order valence-corrected chi connectivity index (χ3v) is 3.33. The van der Waals surface area contributed by atoms with Crippen molar-refractivity contribution in [3.8, 4) is 0 Å². The van der Waals surface area contributed by atoms with Crippen LogP contribution in [0.4, 0.5) is 5.82 Å². The first-order valence-electron chi connectivity index (χ1n) is 6.05. The molecule has 0 fully saturated rings. The molecule has 0 N–H and O–H groups in total. The average molecular weight is 234 g/mol. The lowest BCUT2D eigenvalue weighted by Crippen LogP contribution is -2.37. The zero-order valence-electron chi connectivity index (χ0n) is 10.6. The van der Waals surface area contributed by atoms with Crippen LogP contribution in [0.2, 0.25) is 0 Å². The molecule has 0 spiro atoms. The Kier molecular flexibility index (Phi) is 3.05. The topological polar surface area (TPSA) is 42.3 Å². The van der Waals surface area contributed by atoms with E-state index in [2.05, 4.69) is 0 Å². The van der Waals surface area contributed by atoms with E-state index < -0.39 is 0 Å². The maximum absolute atomic E-state index is 12.0. The van der Waals surface area contributed by atoms with E-state index >= 15 is 0 Å². The second kappa shape index (κ2) is 4.35. The molecule has 0 unspecified atom stereocenters. The van der Waals surface area contributed by atoms with Crippen LogP contribution in [0.3, 0.4) is 0 Å². The number of hydrogen-bond acceptors (Lipinski definition) is 3. The highest BCUT2D eigenvalue weighted by Gasteiger charge is 2.23. The highest BCUT2D eigenvalue weighted by molar-refractivity contribution is 6.00. The molecule has 4 heteroatoms. The summed E-state index contributed by atoms with van der Waals surface area (Å²) in [5, 5.41) is 0. The third kappa shape index (κ3) is 1.88. The van der Waals surface area contributed by atoms with Crippen molar-refractivity contribution >= 4 is 11.6 Å². The Balaban J connectivity index is 2.79. The summed E-state index contributed by atoms with van der Waals surface area (Å²) in [6.07, 6.45) is 1.66. The summed E-state index contributed by atoms with van der Waals surface area (Å²) in [6, 6.07) is 1.61. The fourth-order valence-electron chi connectivity index (χ4n) is 2.53. The number of carbonyl (C=O) groups is 1. The van der Waals surface area contributed by atoms with Crippen molar-refractivity contribution in [2.75, 3.05) is 18.5 Å². The van der Waals surface area contributed by atoms with E-state index in [9.17, 15) is 9.59 Å². The first-order valence-corrected chi connectivity index (χ1v) is 6.05. The van der Waals surface area contributed by atoms with Gasteiger partial charge in [0.2, 0.25) is 0 Å². The van der Waals surface area contributed by atoms with Crippen molar-refractivity contribution in [2.45, 2.75) is 33.2 Å². The number of rotatable bonds is 2. The van der Waals surface area contributed by atoms with Crippen LogP contribution in [0.1, 0.15) is 36.2 Å². The van der Waals surface area contributed by atoms with E-state index in [1.807, 2.05) is 18.9 Å². The minimum absolute atomic E-state index is 0.00778. The molecule has 0 saturated carbocycles. The van der Waals surface area contributed by atoms with Gasteiger partial charge in [-0.15, -0.1) is 0 Å². The highest BCUT2D eigenvalue weighted by Crippen LogP contribution is 2.25. The molecule has 1 aliphatic rings. The summed E-state index contributed by atoms with van der Waals surface area (Å²) >= 11 is 0. The van der Waals surface area contributed by atoms with Gasteiger partial charge in [0.15, 0.2) is 5.78 Å². The normalized spacial score (nSPS) is 14.6. The minimum atomic E-state index is 0.00778. The Hall–Kier alpha value is -1.58. The highest BCUT2D eigenvalue weighted by atomic mass is 16.1. The number of hydrogen-bond donors (Lipinski definition) is 0. The van der Waals surface area contributed by atoms with Gasteiger partial charge in [-0.1, -0.05) is 6.92 Å². The van der Waals surface area contributed by atoms with Crippen molar-refractivity contribution in [1.82, 2.24) is 4.57 Å². The van der Waals surface area contributed by atoms with Crippen LogP contribution < -0.4 is 10.5 Å². The Labute approximate surface area is 101 Å². The quantitative estimate of drug-likeness (QED) is 0.727. The van der Waals surface area contributed by atoms with Crippen LogP contribution in [0, 0.1) is 0 Å². The van der Waals surface area contributed by atoms with Crippen molar-refractivity contribution in [2.24, 2.45) is 0 Å². The molecule has 0 bridgehead atoms. The Morgan fingerprint density at radius 2 is 2.12 bits per heavy atom. The third-order valence-electron chi connectivity index (χ3n) is 3.33. The average Bonchev–Trinajstić information content (AvgIpc) is 2.29. The van der Waals surface area contributed by atoms with Gasteiger partial charge in [-0.05, 0) is 25.3 Å². The van der Waals surface area contributed by atoms with Crippen LogP contribution in [0.5, 0.6) is 0 Å². The summed E-state index contributed by atoms with van der Waals surface area (Å²) in [7, 11) is 1.94. The van der Waals surface area contributed by atoms with Crippen LogP contribution in [0.15, 0.2) is 10.9 Å². The molecule has 0 aromatic carbocycles. The van der Waals surface area contributed by atoms with Gasteiger partial charge in [-0.25, -0.2) is 0 Å². The molecule has 2 heterocycles. The summed E-state index contributed by atoms with van der Waals surface area (Å²) < 4.78 is 1.72. The standard InChI is InChI=1S/C13H18N2O2/c1-4-10-8-11(17)15-7-5-6-14(3)13(15)12(10)9(2)16/h8H,4-7H2,1-3H3. The van der Waals surface area contributed by atoms with Crippen molar-refractivity contribution in [3.63, 3.8) is 0 Å². The van der Waals surface area contributed by atoms with Crippen molar-refractivity contribution < 1.29 is 4.79 Å². The maximum Gasteiger partial charge on any atom is 0.252 e. The number of pyridine rings is 1. The zero-order chi connectivity index (χ0) is 12.6. The fourth-order valence-corrected chi connectivity index (χ4v) is 2.53. The van der Waals surface area contributed by atoms with Crippen molar-refractivity contribution in [1.29, 1.82) is 0 Å². The van der Waals surface area contributed by atoms with Gasteiger partial charge in [-0.2, -0.15) is 0 Å². The van der Waals surface area contributed by atoms with Gasteiger partial charge < -0.3 is 4.90 Å². The lowest BCUT2D eigenvalue weighted by Gasteiger charge is -2.31. The zero-order valence-corrected chi connectivity index (χ0v) is 10.6. The maximum atomic E-state index is 12.0. The Bertz CT molecular complexity index is 517. The largest absolute Gasteiger partial charge is 0.360 e. The number of carbonyl (C=O) groups excluding carboxylic acids is 1. The predicted octanol–water partition coefficient (Wildman–Crippen LogP) is 1.45. The van der Waals surface area contributed by atoms with Gasteiger partial charge in [0.1, 0.15) is 5.82 Å². The monoisotopic (exact) mass is 234 g/mol.